The fourth-order valence-electron chi connectivity index (χ4n) is 7.10. The van der Waals surface area contributed by atoms with Crippen molar-refractivity contribution in [3.05, 3.63) is 82.4 Å². The van der Waals surface area contributed by atoms with Crippen LogP contribution in [0.5, 0.6) is 23.0 Å². The van der Waals surface area contributed by atoms with E-state index >= 15 is 0 Å². The van der Waals surface area contributed by atoms with E-state index in [0.29, 0.717) is 35.8 Å². The lowest BCUT2D eigenvalue weighted by atomic mass is 9.79. The van der Waals surface area contributed by atoms with E-state index in [1.807, 2.05) is 69.0 Å². The van der Waals surface area contributed by atoms with Gasteiger partial charge in [0.1, 0.15) is 0 Å². The highest BCUT2D eigenvalue weighted by atomic mass is 16.5. The number of likely N-dealkylation sites (N-methyl/N-ethyl adjacent to an activating group) is 1. The third-order valence-corrected chi connectivity index (χ3v) is 9.63. The summed E-state index contributed by atoms with van der Waals surface area (Å²) >= 11 is 0. The monoisotopic (exact) mass is 685 g/mol. The van der Waals surface area contributed by atoms with Crippen LogP contribution in [0.4, 0.5) is 0 Å². The van der Waals surface area contributed by atoms with Gasteiger partial charge in [0.15, 0.2) is 23.0 Å². The Morgan fingerprint density at radius 3 is 2.28 bits per heavy atom. The number of rotatable bonds is 14. The van der Waals surface area contributed by atoms with Crippen molar-refractivity contribution in [2.75, 3.05) is 54.7 Å². The summed E-state index contributed by atoms with van der Waals surface area (Å²) in [6.45, 7) is 10.7. The van der Waals surface area contributed by atoms with Crippen molar-refractivity contribution in [3.63, 3.8) is 0 Å². The van der Waals surface area contributed by atoms with Crippen LogP contribution in [0.25, 0.3) is 0 Å². The average molecular weight is 686 g/mol. The van der Waals surface area contributed by atoms with E-state index in [2.05, 4.69) is 18.0 Å². The summed E-state index contributed by atoms with van der Waals surface area (Å²) in [4.78, 5) is 36.0. The lowest BCUT2D eigenvalue weighted by molar-refractivity contribution is -0.143. The quantitative estimate of drug-likeness (QED) is 0.186. The SMILES string of the molecule is CCOc1cc2c(cc1OC)C(c1ccc(C(=O)N(C(C)C)C(C)CCOC(=O)Cc3ccc(OC)c(OC)c3)cc1)=N[C@@H]1CCN(C)C[C@H]21. The maximum absolute atomic E-state index is 13.9. The van der Waals surface area contributed by atoms with E-state index in [-0.39, 0.29) is 48.9 Å². The summed E-state index contributed by atoms with van der Waals surface area (Å²) in [7, 11) is 6.95. The molecule has 3 atom stereocenters. The van der Waals surface area contributed by atoms with E-state index in [9.17, 15) is 9.59 Å². The molecule has 50 heavy (non-hydrogen) atoms. The van der Waals surface area contributed by atoms with Crippen LogP contribution in [0.3, 0.4) is 0 Å². The fourth-order valence-corrected chi connectivity index (χ4v) is 7.10. The fraction of sp³-hybridized carbons (Fsp3) is 0.475. The molecule has 3 aromatic carbocycles. The van der Waals surface area contributed by atoms with Crippen LogP contribution >= 0.6 is 0 Å². The Morgan fingerprint density at radius 2 is 1.62 bits per heavy atom. The summed E-state index contributed by atoms with van der Waals surface area (Å²) in [6.07, 6.45) is 1.60. The van der Waals surface area contributed by atoms with Crippen molar-refractivity contribution in [1.82, 2.24) is 9.80 Å². The highest BCUT2D eigenvalue weighted by Gasteiger charge is 2.36. The molecule has 1 unspecified atom stereocenters. The minimum Gasteiger partial charge on any atom is -0.493 e. The number of carbonyl (C=O) groups excluding carboxylic acids is 2. The molecular formula is C40H51N3O7. The molecule has 10 heteroatoms. The van der Waals surface area contributed by atoms with Gasteiger partial charge in [0.2, 0.25) is 0 Å². The highest BCUT2D eigenvalue weighted by Crippen LogP contribution is 2.42. The molecule has 0 saturated carbocycles. The predicted octanol–water partition coefficient (Wildman–Crippen LogP) is 6.16. The van der Waals surface area contributed by atoms with Gasteiger partial charge >= 0.3 is 5.97 Å². The van der Waals surface area contributed by atoms with Gasteiger partial charge in [-0.05, 0) is 95.2 Å². The van der Waals surface area contributed by atoms with Gasteiger partial charge in [-0.3, -0.25) is 14.6 Å². The number of ether oxygens (including phenoxy) is 5. The molecule has 0 radical (unpaired) electrons. The Hall–Kier alpha value is -4.57. The summed E-state index contributed by atoms with van der Waals surface area (Å²) < 4.78 is 27.9. The summed E-state index contributed by atoms with van der Waals surface area (Å²) in [5.74, 6) is 2.45. The van der Waals surface area contributed by atoms with E-state index in [1.165, 1.54) is 5.56 Å². The van der Waals surface area contributed by atoms with Crippen LogP contribution in [-0.4, -0.2) is 100 Å². The molecule has 268 valence electrons. The van der Waals surface area contributed by atoms with Crippen LogP contribution in [0.15, 0.2) is 59.6 Å². The third-order valence-electron chi connectivity index (χ3n) is 9.63. The first-order valence-corrected chi connectivity index (χ1v) is 17.5. The minimum absolute atomic E-state index is 0.0531. The molecule has 2 aliphatic rings. The number of esters is 1. The zero-order chi connectivity index (χ0) is 35.9. The lowest BCUT2D eigenvalue weighted by Gasteiger charge is -2.39. The topological polar surface area (TPSA) is 99.1 Å². The first-order chi connectivity index (χ1) is 24.1. The summed E-state index contributed by atoms with van der Waals surface area (Å²) in [5.41, 5.74) is 5.50. The normalized spacial score (nSPS) is 17.6. The maximum atomic E-state index is 13.9. The number of amides is 1. The van der Waals surface area contributed by atoms with Gasteiger partial charge in [-0.15, -0.1) is 0 Å². The largest absolute Gasteiger partial charge is 0.493 e. The smallest absolute Gasteiger partial charge is 0.310 e. The predicted molar refractivity (Wildman–Crippen MR) is 194 cm³/mol. The molecule has 0 N–H and O–H groups in total. The number of nitrogens with zero attached hydrogens (tertiary/aromatic N) is 3. The van der Waals surface area contributed by atoms with Crippen molar-refractivity contribution in [2.24, 2.45) is 4.99 Å². The van der Waals surface area contributed by atoms with Gasteiger partial charge < -0.3 is 33.5 Å². The van der Waals surface area contributed by atoms with E-state index in [4.69, 9.17) is 28.7 Å². The molecule has 0 spiro atoms. The molecule has 1 amide bonds. The standard InChI is InChI=1S/C40H51N3O7/c1-9-49-37-22-30-31(23-36(37)48-8)39(41-33-16-18-42(5)24-32(30)33)28-11-13-29(14-12-28)40(45)43(25(2)3)26(4)17-19-50-38(44)21-27-10-15-34(46-6)35(20-27)47-7/h10-15,20,22-23,25-26,32-33H,9,16-19,21,24H2,1-8H3/t26?,32-,33-/m1/s1. The van der Waals surface area contributed by atoms with Crippen LogP contribution in [0.2, 0.25) is 0 Å². The summed E-state index contributed by atoms with van der Waals surface area (Å²) in [5, 5.41) is 0. The first-order valence-electron chi connectivity index (χ1n) is 17.5. The first kappa shape index (κ1) is 36.7. The second-order valence-electron chi connectivity index (χ2n) is 13.3. The highest BCUT2D eigenvalue weighted by molar-refractivity contribution is 6.15. The Morgan fingerprint density at radius 1 is 0.920 bits per heavy atom. The van der Waals surface area contributed by atoms with Gasteiger partial charge in [0.25, 0.3) is 5.91 Å². The van der Waals surface area contributed by atoms with E-state index in [1.54, 1.807) is 33.5 Å². The molecule has 1 fully saturated rings. The molecule has 2 aliphatic heterocycles. The number of piperidine rings is 1. The Labute approximate surface area is 296 Å². The van der Waals surface area contributed by atoms with Crippen molar-refractivity contribution in [2.45, 2.75) is 71.0 Å². The zero-order valence-electron chi connectivity index (χ0n) is 30.7. The molecule has 0 bridgehead atoms. The van der Waals surface area contributed by atoms with Gasteiger partial charge in [-0.1, -0.05) is 18.2 Å². The molecule has 5 rings (SSSR count). The number of likely N-dealkylation sites (tertiary alicyclic amines) is 1. The molecule has 10 nitrogen and oxygen atoms in total. The Bertz CT molecular complexity index is 1690. The van der Waals surface area contributed by atoms with Crippen molar-refractivity contribution < 1.29 is 33.3 Å². The number of methoxy groups -OCH3 is 3. The molecular weight excluding hydrogens is 634 g/mol. The summed E-state index contributed by atoms with van der Waals surface area (Å²) in [6, 6.07) is 17.3. The third kappa shape index (κ3) is 8.07. The molecule has 3 aromatic rings. The molecule has 2 heterocycles. The number of hydrogen-bond donors (Lipinski definition) is 0. The van der Waals surface area contributed by atoms with Crippen molar-refractivity contribution >= 4 is 17.6 Å². The molecule has 1 saturated heterocycles. The number of benzene rings is 3. The number of carbonyl (C=O) groups is 2. The van der Waals surface area contributed by atoms with Gasteiger partial charge in [-0.25, -0.2) is 0 Å². The van der Waals surface area contributed by atoms with E-state index in [0.717, 1.165) is 47.7 Å². The maximum Gasteiger partial charge on any atom is 0.310 e. The minimum atomic E-state index is -0.340. The Kier molecular flexibility index (Phi) is 12.1. The second-order valence-corrected chi connectivity index (χ2v) is 13.3. The zero-order valence-corrected chi connectivity index (χ0v) is 30.7. The average Bonchev–Trinajstić information content (AvgIpc) is 3.11. The van der Waals surface area contributed by atoms with Crippen molar-refractivity contribution in [3.8, 4) is 23.0 Å². The number of fused-ring (bicyclic) bond motifs is 3. The van der Waals surface area contributed by atoms with E-state index < -0.39 is 0 Å². The lowest BCUT2D eigenvalue weighted by Crippen LogP contribution is -2.44. The van der Waals surface area contributed by atoms with Gasteiger partial charge in [0, 0.05) is 47.7 Å². The van der Waals surface area contributed by atoms with Crippen LogP contribution in [-0.2, 0) is 16.0 Å². The van der Waals surface area contributed by atoms with Crippen LogP contribution in [0.1, 0.15) is 79.1 Å². The van der Waals surface area contributed by atoms with Crippen LogP contribution < -0.4 is 18.9 Å². The van der Waals surface area contributed by atoms with Gasteiger partial charge in [0.05, 0.1) is 52.7 Å². The van der Waals surface area contributed by atoms with Crippen molar-refractivity contribution in [1.29, 1.82) is 0 Å². The number of aliphatic imine (C=N–C) groups is 1. The number of hydrogen-bond acceptors (Lipinski definition) is 9. The second kappa shape index (κ2) is 16.4. The van der Waals surface area contributed by atoms with Crippen LogP contribution in [0, 0.1) is 0 Å². The molecule has 0 aliphatic carbocycles. The Balaban J connectivity index is 1.28. The molecule has 0 aromatic heterocycles. The van der Waals surface area contributed by atoms with Gasteiger partial charge in [-0.2, -0.15) is 0 Å².